The van der Waals surface area contributed by atoms with Crippen molar-refractivity contribution in [2.24, 2.45) is 11.8 Å². The van der Waals surface area contributed by atoms with Gasteiger partial charge in [-0.3, -0.25) is 0 Å². The van der Waals surface area contributed by atoms with Gasteiger partial charge in [-0.1, -0.05) is 45.7 Å². The van der Waals surface area contributed by atoms with Crippen molar-refractivity contribution >= 4 is 11.9 Å². The molecule has 0 radical (unpaired) electrons. The van der Waals surface area contributed by atoms with Crippen LogP contribution < -0.4 is 0 Å². The third kappa shape index (κ3) is 4.37. The fourth-order valence-corrected chi connectivity index (χ4v) is 1.81. The lowest BCUT2D eigenvalue weighted by atomic mass is 9.92. The highest BCUT2D eigenvalue weighted by molar-refractivity contribution is 6.02. The van der Waals surface area contributed by atoms with Gasteiger partial charge in [0.05, 0.1) is 23.2 Å². The lowest BCUT2D eigenvalue weighted by molar-refractivity contribution is 0.0402. The van der Waals surface area contributed by atoms with E-state index in [4.69, 9.17) is 10.2 Å². The van der Waals surface area contributed by atoms with Gasteiger partial charge in [0.25, 0.3) is 0 Å². The summed E-state index contributed by atoms with van der Waals surface area (Å²) in [5, 5.41) is 9.22. The van der Waals surface area contributed by atoms with Gasteiger partial charge in [-0.2, -0.15) is 0 Å². The fourth-order valence-electron chi connectivity index (χ4n) is 1.81. The first-order chi connectivity index (χ1) is 11.1. The number of hydrogen-bond acceptors (Lipinski definition) is 3. The van der Waals surface area contributed by atoms with Crippen LogP contribution in [-0.4, -0.2) is 23.7 Å². The molecule has 0 aliphatic rings. The van der Waals surface area contributed by atoms with Gasteiger partial charge >= 0.3 is 11.9 Å². The molecule has 0 amide bonds. The van der Waals surface area contributed by atoms with E-state index in [0.29, 0.717) is 5.92 Å². The number of carboxylic acid groups (broad SMARTS) is 1. The van der Waals surface area contributed by atoms with E-state index in [-0.39, 0.29) is 12.5 Å². The monoisotopic (exact) mass is 282 g/mol. The van der Waals surface area contributed by atoms with Gasteiger partial charge in [0.1, 0.15) is 0 Å². The van der Waals surface area contributed by atoms with Gasteiger partial charge in [-0.15, -0.1) is 0 Å². The molecule has 0 fully saturated rings. The van der Waals surface area contributed by atoms with Crippen LogP contribution >= 0.6 is 0 Å². The summed E-state index contributed by atoms with van der Waals surface area (Å²) in [5.74, 6) is -2.28. The SMILES string of the molecule is [2H]c1c([2H])c([2H])c(C(=O)OCC(C)C(C)CCC)c(C(=O)O)c1[2H]. The minimum absolute atomic E-state index is 0.0535. The minimum atomic E-state index is -1.60. The van der Waals surface area contributed by atoms with Crippen molar-refractivity contribution in [3.05, 3.63) is 35.3 Å². The fraction of sp³-hybridized carbons (Fsp3) is 0.500. The Morgan fingerprint density at radius 3 is 2.40 bits per heavy atom. The molecule has 1 aromatic rings. The number of aromatic carboxylic acids is 1. The van der Waals surface area contributed by atoms with Crippen molar-refractivity contribution in [2.45, 2.75) is 33.6 Å². The van der Waals surface area contributed by atoms with E-state index in [1.807, 2.05) is 13.8 Å². The quantitative estimate of drug-likeness (QED) is 0.776. The second-order valence-corrected chi connectivity index (χ2v) is 4.90. The molecular weight excluding hydrogens is 256 g/mol. The Kier molecular flexibility index (Phi) is 4.18. The van der Waals surface area contributed by atoms with Gasteiger partial charge in [-0.05, 0) is 23.9 Å². The zero-order valence-electron chi connectivity index (χ0n) is 15.9. The largest absolute Gasteiger partial charge is 0.478 e. The van der Waals surface area contributed by atoms with E-state index < -0.39 is 47.2 Å². The maximum absolute atomic E-state index is 12.3. The van der Waals surface area contributed by atoms with Crippen molar-refractivity contribution in [1.82, 2.24) is 0 Å². The van der Waals surface area contributed by atoms with Crippen molar-refractivity contribution in [2.75, 3.05) is 6.61 Å². The Morgan fingerprint density at radius 2 is 1.85 bits per heavy atom. The molecule has 2 atom stereocenters. The molecule has 0 bridgehead atoms. The number of hydrogen-bond donors (Lipinski definition) is 1. The summed E-state index contributed by atoms with van der Waals surface area (Å²) in [7, 11) is 0. The number of esters is 1. The van der Waals surface area contributed by atoms with Crippen LogP contribution in [0.2, 0.25) is 0 Å². The van der Waals surface area contributed by atoms with E-state index in [0.717, 1.165) is 12.8 Å². The van der Waals surface area contributed by atoms with E-state index in [1.54, 1.807) is 0 Å². The Balaban J connectivity index is 3.13. The third-order valence-corrected chi connectivity index (χ3v) is 3.30. The maximum atomic E-state index is 12.3. The van der Waals surface area contributed by atoms with Gasteiger partial charge in [-0.25, -0.2) is 9.59 Å². The highest BCUT2D eigenvalue weighted by atomic mass is 16.5. The lowest BCUT2D eigenvalue weighted by Crippen LogP contribution is -2.19. The highest BCUT2D eigenvalue weighted by Gasteiger charge is 2.19. The van der Waals surface area contributed by atoms with Crippen LogP contribution in [0, 0.1) is 11.8 Å². The van der Waals surface area contributed by atoms with Crippen LogP contribution in [0.25, 0.3) is 0 Å². The first-order valence-corrected chi connectivity index (χ1v) is 6.64. The number of carboxylic acids is 1. The van der Waals surface area contributed by atoms with Gasteiger partial charge in [0.15, 0.2) is 0 Å². The normalized spacial score (nSPS) is 16.4. The van der Waals surface area contributed by atoms with Crippen LogP contribution in [0.1, 0.15) is 59.8 Å². The van der Waals surface area contributed by atoms with Crippen LogP contribution in [0.4, 0.5) is 0 Å². The van der Waals surface area contributed by atoms with Crippen LogP contribution in [-0.2, 0) is 4.74 Å². The molecule has 0 saturated heterocycles. The maximum Gasteiger partial charge on any atom is 0.339 e. The first-order valence-electron chi connectivity index (χ1n) is 8.64. The van der Waals surface area contributed by atoms with E-state index in [1.165, 1.54) is 0 Å². The second kappa shape index (κ2) is 7.68. The summed E-state index contributed by atoms with van der Waals surface area (Å²) >= 11 is 0. The van der Waals surface area contributed by atoms with Crippen LogP contribution in [0.15, 0.2) is 24.2 Å². The smallest absolute Gasteiger partial charge is 0.339 e. The average molecular weight is 282 g/mol. The summed E-state index contributed by atoms with van der Waals surface area (Å²) < 4.78 is 35.7. The number of rotatable bonds is 7. The molecule has 20 heavy (non-hydrogen) atoms. The molecular formula is C16H22O4. The van der Waals surface area contributed by atoms with E-state index in [9.17, 15) is 14.7 Å². The number of benzene rings is 1. The Bertz CT molecular complexity index is 646. The van der Waals surface area contributed by atoms with Gasteiger partial charge in [0, 0.05) is 0 Å². The lowest BCUT2D eigenvalue weighted by Gasteiger charge is -2.19. The Hall–Kier alpha value is -1.84. The highest BCUT2D eigenvalue weighted by Crippen LogP contribution is 2.18. The standard InChI is InChI=1S/C16H22O4/c1-4-7-11(2)12(3)10-20-16(19)14-9-6-5-8-13(14)15(17)18/h5-6,8-9,11-12H,4,7,10H2,1-3H3,(H,17,18)/i5D,6D,8D,9D. The molecule has 0 aliphatic carbocycles. The zero-order chi connectivity index (χ0) is 18.6. The van der Waals surface area contributed by atoms with E-state index in [2.05, 4.69) is 6.92 Å². The van der Waals surface area contributed by atoms with E-state index >= 15 is 0 Å². The Morgan fingerprint density at radius 1 is 1.25 bits per heavy atom. The summed E-state index contributed by atoms with van der Waals surface area (Å²) in [6.45, 7) is 6.04. The average Bonchev–Trinajstić information content (AvgIpc) is 2.53. The molecule has 1 N–H and O–H groups in total. The molecule has 1 aromatic carbocycles. The minimum Gasteiger partial charge on any atom is -0.478 e. The molecule has 0 aliphatic heterocycles. The summed E-state index contributed by atoms with van der Waals surface area (Å²) in [4.78, 5) is 23.6. The van der Waals surface area contributed by atoms with Gasteiger partial charge in [0.2, 0.25) is 0 Å². The predicted octanol–water partition coefficient (Wildman–Crippen LogP) is 3.61. The zero-order valence-corrected chi connectivity index (χ0v) is 11.9. The van der Waals surface area contributed by atoms with Crippen molar-refractivity contribution in [1.29, 1.82) is 0 Å². The van der Waals surface area contributed by atoms with Crippen molar-refractivity contribution in [3.8, 4) is 0 Å². The van der Waals surface area contributed by atoms with Gasteiger partial charge < -0.3 is 9.84 Å². The molecule has 2 unspecified atom stereocenters. The molecule has 4 heteroatoms. The van der Waals surface area contributed by atoms with Crippen molar-refractivity contribution in [3.63, 3.8) is 0 Å². The molecule has 0 aromatic heterocycles. The third-order valence-electron chi connectivity index (χ3n) is 3.30. The summed E-state index contributed by atoms with van der Waals surface area (Å²) in [5.41, 5.74) is -1.40. The van der Waals surface area contributed by atoms with Crippen LogP contribution in [0.5, 0.6) is 0 Å². The molecule has 110 valence electrons. The van der Waals surface area contributed by atoms with Crippen LogP contribution in [0.3, 0.4) is 0 Å². The second-order valence-electron chi connectivity index (χ2n) is 4.90. The molecule has 0 saturated carbocycles. The Labute approximate surface area is 125 Å². The molecule has 0 heterocycles. The number of carbonyl (C=O) groups is 2. The molecule has 1 rings (SSSR count). The first kappa shape index (κ1) is 10.9. The summed E-state index contributed by atoms with van der Waals surface area (Å²) in [6, 6.07) is -2.82. The summed E-state index contributed by atoms with van der Waals surface area (Å²) in [6.07, 6.45) is 1.96. The topological polar surface area (TPSA) is 63.6 Å². The predicted molar refractivity (Wildman–Crippen MR) is 76.9 cm³/mol. The molecule has 4 nitrogen and oxygen atoms in total. The number of ether oxygens (including phenoxy) is 1. The molecule has 0 spiro atoms. The van der Waals surface area contributed by atoms with Crippen molar-refractivity contribution < 1.29 is 24.9 Å². The number of carbonyl (C=O) groups excluding carboxylic acids is 1.